The van der Waals surface area contributed by atoms with Crippen molar-refractivity contribution >= 4 is 0 Å². The van der Waals surface area contributed by atoms with Crippen LogP contribution < -0.4 is 0 Å². The van der Waals surface area contributed by atoms with Crippen LogP contribution in [0.1, 0.15) is 65.2 Å². The van der Waals surface area contributed by atoms with Crippen LogP contribution in [0.2, 0.25) is 0 Å². The molecule has 1 nitrogen and oxygen atoms in total. The number of aliphatic hydroxyl groups excluding tert-OH is 1. The van der Waals surface area contributed by atoms with Crippen LogP contribution in [0.4, 0.5) is 0 Å². The Labute approximate surface area is 112 Å². The second-order valence-electron chi connectivity index (χ2n) is 8.37. The zero-order valence-electron chi connectivity index (χ0n) is 12.0. The summed E-state index contributed by atoms with van der Waals surface area (Å²) < 4.78 is 0. The highest BCUT2D eigenvalue weighted by Gasteiger charge is 2.61. The average molecular weight is 248 g/mol. The van der Waals surface area contributed by atoms with Gasteiger partial charge in [-0.15, -0.1) is 6.58 Å². The Morgan fingerprint density at radius 2 is 1.78 bits per heavy atom. The van der Waals surface area contributed by atoms with E-state index in [9.17, 15) is 5.11 Å². The summed E-state index contributed by atoms with van der Waals surface area (Å²) in [6.45, 7) is 8.75. The maximum absolute atomic E-state index is 10.7. The molecule has 4 saturated carbocycles. The van der Waals surface area contributed by atoms with Crippen molar-refractivity contribution in [1.29, 1.82) is 0 Å². The molecule has 3 unspecified atom stereocenters. The number of allylic oxidation sites excluding steroid dienone is 1. The van der Waals surface area contributed by atoms with Crippen molar-refractivity contribution in [3.05, 3.63) is 12.7 Å². The fraction of sp³-hybridized carbons (Fsp3) is 0.882. The third kappa shape index (κ3) is 1.86. The molecule has 18 heavy (non-hydrogen) atoms. The van der Waals surface area contributed by atoms with Crippen LogP contribution >= 0.6 is 0 Å². The fourth-order valence-corrected chi connectivity index (χ4v) is 6.49. The Bertz CT molecular complexity index is 341. The summed E-state index contributed by atoms with van der Waals surface area (Å²) in [5.41, 5.74) is 1.28. The molecule has 0 aromatic rings. The summed E-state index contributed by atoms with van der Waals surface area (Å²) in [7, 11) is 0. The van der Waals surface area contributed by atoms with E-state index in [-0.39, 0.29) is 11.5 Å². The second kappa shape index (κ2) is 3.85. The lowest BCUT2D eigenvalue weighted by Gasteiger charge is -2.66. The van der Waals surface area contributed by atoms with E-state index < -0.39 is 0 Å². The molecule has 0 radical (unpaired) electrons. The first-order valence-electron chi connectivity index (χ1n) is 7.68. The van der Waals surface area contributed by atoms with Crippen molar-refractivity contribution in [2.45, 2.75) is 71.3 Å². The monoisotopic (exact) mass is 248 g/mol. The van der Waals surface area contributed by atoms with E-state index in [0.29, 0.717) is 10.8 Å². The topological polar surface area (TPSA) is 20.2 Å². The summed E-state index contributed by atoms with van der Waals surface area (Å²) >= 11 is 0. The first kappa shape index (κ1) is 12.7. The van der Waals surface area contributed by atoms with Gasteiger partial charge in [0, 0.05) is 0 Å². The first-order valence-corrected chi connectivity index (χ1v) is 7.68. The highest BCUT2D eigenvalue weighted by molar-refractivity contribution is 5.12. The van der Waals surface area contributed by atoms with Crippen molar-refractivity contribution in [3.8, 4) is 0 Å². The quantitative estimate of drug-likeness (QED) is 0.735. The van der Waals surface area contributed by atoms with Crippen LogP contribution in [-0.4, -0.2) is 11.2 Å². The van der Waals surface area contributed by atoms with Crippen LogP contribution in [-0.2, 0) is 0 Å². The van der Waals surface area contributed by atoms with Gasteiger partial charge in [-0.3, -0.25) is 0 Å². The molecular weight excluding hydrogens is 220 g/mol. The number of rotatable bonds is 4. The van der Waals surface area contributed by atoms with Crippen LogP contribution in [0.15, 0.2) is 12.7 Å². The minimum Gasteiger partial charge on any atom is -0.393 e. The predicted molar refractivity (Wildman–Crippen MR) is 75.3 cm³/mol. The molecule has 0 aromatic carbocycles. The SMILES string of the molecule is C=CCCC(O)C12CC3CC(C)(CC(C)(C3)C1)C2. The van der Waals surface area contributed by atoms with E-state index in [1.54, 1.807) is 0 Å². The van der Waals surface area contributed by atoms with Crippen LogP contribution in [0.5, 0.6) is 0 Å². The van der Waals surface area contributed by atoms with Crippen molar-refractivity contribution in [1.82, 2.24) is 0 Å². The van der Waals surface area contributed by atoms with E-state index in [4.69, 9.17) is 0 Å². The predicted octanol–water partition coefficient (Wildman–Crippen LogP) is 4.31. The highest BCUT2D eigenvalue weighted by atomic mass is 16.3. The van der Waals surface area contributed by atoms with Gasteiger partial charge < -0.3 is 5.11 Å². The summed E-state index contributed by atoms with van der Waals surface area (Å²) in [5, 5.41) is 10.7. The Morgan fingerprint density at radius 3 is 2.28 bits per heavy atom. The maximum atomic E-state index is 10.7. The van der Waals surface area contributed by atoms with Gasteiger partial charge in [-0.1, -0.05) is 19.9 Å². The molecule has 4 fully saturated rings. The molecule has 3 atom stereocenters. The third-order valence-electron chi connectivity index (χ3n) is 6.02. The summed E-state index contributed by atoms with van der Waals surface area (Å²) in [6.07, 6.45) is 11.8. The van der Waals surface area contributed by atoms with Crippen molar-refractivity contribution < 1.29 is 5.11 Å². The molecule has 1 N–H and O–H groups in total. The molecular formula is C17H28O. The molecule has 0 aromatic heterocycles. The smallest absolute Gasteiger partial charge is 0.0599 e. The molecule has 4 rings (SSSR count). The largest absolute Gasteiger partial charge is 0.393 e. The maximum Gasteiger partial charge on any atom is 0.0599 e. The zero-order chi connectivity index (χ0) is 13.0. The van der Waals surface area contributed by atoms with Crippen molar-refractivity contribution in [2.24, 2.45) is 22.2 Å². The van der Waals surface area contributed by atoms with E-state index >= 15 is 0 Å². The lowest BCUT2D eigenvalue weighted by atomic mass is 9.39. The Kier molecular flexibility index (Phi) is 2.72. The number of hydrogen-bond donors (Lipinski definition) is 1. The van der Waals surface area contributed by atoms with Crippen LogP contribution in [0.3, 0.4) is 0 Å². The van der Waals surface area contributed by atoms with E-state index in [0.717, 1.165) is 18.8 Å². The first-order chi connectivity index (χ1) is 8.39. The van der Waals surface area contributed by atoms with Crippen LogP contribution in [0, 0.1) is 22.2 Å². The lowest BCUT2D eigenvalue weighted by molar-refractivity contribution is -0.186. The Hall–Kier alpha value is -0.300. The minimum atomic E-state index is -0.0995. The minimum absolute atomic E-state index is 0.0995. The van der Waals surface area contributed by atoms with Gasteiger partial charge in [0.2, 0.25) is 0 Å². The second-order valence-corrected chi connectivity index (χ2v) is 8.37. The van der Waals surface area contributed by atoms with Gasteiger partial charge in [0.05, 0.1) is 6.10 Å². The summed E-state index contributed by atoms with van der Waals surface area (Å²) in [4.78, 5) is 0. The Morgan fingerprint density at radius 1 is 1.17 bits per heavy atom. The van der Waals surface area contributed by atoms with Crippen molar-refractivity contribution in [3.63, 3.8) is 0 Å². The molecule has 0 saturated heterocycles. The van der Waals surface area contributed by atoms with E-state index in [1.165, 1.54) is 38.5 Å². The molecule has 4 aliphatic carbocycles. The van der Waals surface area contributed by atoms with Gasteiger partial charge in [0.15, 0.2) is 0 Å². The molecule has 4 aliphatic rings. The van der Waals surface area contributed by atoms with Crippen LogP contribution in [0.25, 0.3) is 0 Å². The van der Waals surface area contributed by atoms with Gasteiger partial charge in [-0.2, -0.15) is 0 Å². The normalized spacial score (nSPS) is 51.4. The summed E-state index contributed by atoms with van der Waals surface area (Å²) in [6, 6.07) is 0. The lowest BCUT2D eigenvalue weighted by Crippen LogP contribution is -2.58. The molecule has 0 spiro atoms. The molecule has 102 valence electrons. The van der Waals surface area contributed by atoms with Gasteiger partial charge in [-0.05, 0) is 73.5 Å². The number of hydrogen-bond acceptors (Lipinski definition) is 1. The zero-order valence-corrected chi connectivity index (χ0v) is 12.0. The highest BCUT2D eigenvalue weighted by Crippen LogP contribution is 2.70. The fourth-order valence-electron chi connectivity index (χ4n) is 6.49. The number of aliphatic hydroxyl groups is 1. The van der Waals surface area contributed by atoms with Gasteiger partial charge >= 0.3 is 0 Å². The molecule has 1 heteroatoms. The third-order valence-corrected chi connectivity index (χ3v) is 6.02. The Balaban J connectivity index is 1.86. The van der Waals surface area contributed by atoms with Crippen molar-refractivity contribution in [2.75, 3.05) is 0 Å². The van der Waals surface area contributed by atoms with Gasteiger partial charge in [0.1, 0.15) is 0 Å². The molecule has 0 amide bonds. The standard InChI is InChI=1S/C17H28O/c1-4-5-6-14(18)17-9-13-7-15(2,11-17)10-16(3,8-13)12-17/h4,13-14,18H,1,5-12H2,2-3H3. The molecule has 4 bridgehead atoms. The van der Waals surface area contributed by atoms with E-state index in [2.05, 4.69) is 20.4 Å². The van der Waals surface area contributed by atoms with E-state index in [1.807, 2.05) is 6.08 Å². The van der Waals surface area contributed by atoms with Gasteiger partial charge in [-0.25, -0.2) is 0 Å². The average Bonchev–Trinajstić information content (AvgIpc) is 2.20. The summed E-state index contributed by atoms with van der Waals surface area (Å²) in [5.74, 6) is 0.884. The molecule has 0 heterocycles. The van der Waals surface area contributed by atoms with Gasteiger partial charge in [0.25, 0.3) is 0 Å². The molecule has 0 aliphatic heterocycles.